The van der Waals surface area contributed by atoms with Gasteiger partial charge in [-0.05, 0) is 60.1 Å². The number of hydrogen-bond acceptors (Lipinski definition) is 0. The summed E-state index contributed by atoms with van der Waals surface area (Å²) in [5.41, 5.74) is 5.28. The highest BCUT2D eigenvalue weighted by Crippen LogP contribution is 2.41. The first-order valence-electron chi connectivity index (χ1n) is 8.97. The fourth-order valence-corrected chi connectivity index (χ4v) is 2.64. The first-order chi connectivity index (χ1) is 10.3. The van der Waals surface area contributed by atoms with Crippen molar-refractivity contribution in [2.75, 3.05) is 0 Å². The maximum absolute atomic E-state index is 4.94. The first-order valence-corrected chi connectivity index (χ1v) is 8.97. The predicted molar refractivity (Wildman–Crippen MR) is 104 cm³/mol. The number of hydrogen-bond donors (Lipinski definition) is 0. The molecule has 1 aromatic rings. The minimum Gasteiger partial charge on any atom is -0.0637 e. The van der Waals surface area contributed by atoms with Crippen molar-refractivity contribution in [2.45, 2.75) is 92.9 Å². The Hall–Kier alpha value is -1.29. The fraction of sp³-hybridized carbons (Fsp3) is 0.682. The summed E-state index contributed by atoms with van der Waals surface area (Å²) in [6.07, 6.45) is 2.13. The average molecular weight is 315 g/mol. The van der Waals surface area contributed by atoms with E-state index in [1.54, 1.807) is 0 Å². The van der Waals surface area contributed by atoms with E-state index in [0.29, 0.717) is 0 Å². The summed E-state index contributed by atoms with van der Waals surface area (Å²) in [6.45, 7) is 22.5. The normalized spacial score (nSPS) is 12.8. The van der Waals surface area contributed by atoms with Gasteiger partial charge in [-0.2, -0.15) is 0 Å². The van der Waals surface area contributed by atoms with Crippen LogP contribution < -0.4 is 0 Å². The molecule has 0 bridgehead atoms. The summed E-state index contributed by atoms with van der Waals surface area (Å²) >= 11 is 0. The second-order valence-corrected chi connectivity index (χ2v) is 9.20. The molecule has 0 N–H and O–H groups in total. The van der Waals surface area contributed by atoms with Gasteiger partial charge >= 0.3 is 5.69 Å². The lowest BCUT2D eigenvalue weighted by molar-refractivity contribution is 0.415. The molecule has 0 spiro atoms. The van der Waals surface area contributed by atoms with Gasteiger partial charge in [0.05, 0.1) is 0 Å². The Balaban J connectivity index is 3.71. The SMILES string of the molecule is CCC(C)(C#[N+]c1c(C(C)(C)C)cc(C)cc1C(C)(C)C)CC. The predicted octanol–water partition coefficient (Wildman–Crippen LogP) is 7.38. The molecule has 0 amide bonds. The summed E-state index contributed by atoms with van der Waals surface area (Å²) in [5.74, 6) is 0. The molecule has 0 fully saturated rings. The van der Waals surface area contributed by atoms with Crippen molar-refractivity contribution in [3.63, 3.8) is 0 Å². The fourth-order valence-electron chi connectivity index (χ4n) is 2.64. The van der Waals surface area contributed by atoms with Crippen LogP contribution in [0.3, 0.4) is 0 Å². The monoisotopic (exact) mass is 314 g/mol. The molecule has 0 unspecified atom stereocenters. The van der Waals surface area contributed by atoms with Gasteiger partial charge in [-0.3, -0.25) is 0 Å². The van der Waals surface area contributed by atoms with Crippen LogP contribution in [0, 0.1) is 18.4 Å². The van der Waals surface area contributed by atoms with Gasteiger partial charge in [-0.15, -0.1) is 0 Å². The summed E-state index contributed by atoms with van der Waals surface area (Å²) in [5, 5.41) is 0. The molecule has 0 saturated carbocycles. The van der Waals surface area contributed by atoms with Crippen molar-refractivity contribution < 1.29 is 0 Å². The molecule has 0 saturated heterocycles. The highest BCUT2D eigenvalue weighted by Gasteiger charge is 2.33. The standard InChI is InChI=1S/C22H36N/c1-11-22(10,12-2)15-23-19-17(20(4,5)6)13-16(3)14-18(19)21(7,8)9/h13-14H,11-12H2,1-10H3/q+1. The van der Waals surface area contributed by atoms with E-state index >= 15 is 0 Å². The van der Waals surface area contributed by atoms with E-state index in [9.17, 15) is 0 Å². The van der Waals surface area contributed by atoms with Crippen LogP contribution in [0.1, 0.15) is 91.8 Å². The number of rotatable bonds is 2. The van der Waals surface area contributed by atoms with Crippen molar-refractivity contribution in [2.24, 2.45) is 5.41 Å². The molecule has 1 nitrogen and oxygen atoms in total. The minimum absolute atomic E-state index is 0.0508. The second-order valence-electron chi connectivity index (χ2n) is 9.20. The molecule has 0 radical (unpaired) electrons. The highest BCUT2D eigenvalue weighted by atomic mass is 14.7. The van der Waals surface area contributed by atoms with E-state index in [-0.39, 0.29) is 16.2 Å². The molecule has 1 heteroatoms. The van der Waals surface area contributed by atoms with E-state index in [1.165, 1.54) is 16.7 Å². The zero-order chi connectivity index (χ0) is 18.1. The zero-order valence-corrected chi connectivity index (χ0v) is 17.0. The summed E-state index contributed by atoms with van der Waals surface area (Å²) in [7, 11) is 0. The third-order valence-electron chi connectivity index (χ3n) is 4.87. The molecule has 0 aliphatic carbocycles. The van der Waals surface area contributed by atoms with Crippen LogP contribution in [0.2, 0.25) is 0 Å². The van der Waals surface area contributed by atoms with Crippen molar-refractivity contribution in [1.82, 2.24) is 0 Å². The number of nitrogens with zero attached hydrogens (tertiary/aromatic N) is 1. The Bertz CT molecular complexity index is 573. The largest absolute Gasteiger partial charge is 0.347 e. The van der Waals surface area contributed by atoms with Gasteiger partial charge in [0.25, 0.3) is 6.07 Å². The van der Waals surface area contributed by atoms with Gasteiger partial charge in [0, 0.05) is 11.1 Å². The van der Waals surface area contributed by atoms with Gasteiger partial charge in [0.15, 0.2) is 0 Å². The van der Waals surface area contributed by atoms with Crippen molar-refractivity contribution in [1.29, 1.82) is 0 Å². The van der Waals surface area contributed by atoms with Crippen LogP contribution in [0.4, 0.5) is 5.69 Å². The van der Waals surface area contributed by atoms with Crippen molar-refractivity contribution in [3.8, 4) is 6.07 Å². The van der Waals surface area contributed by atoms with E-state index in [4.69, 9.17) is 4.85 Å². The van der Waals surface area contributed by atoms with E-state index in [0.717, 1.165) is 18.5 Å². The molecular formula is C22H36N+. The Kier molecular flexibility index (Phi) is 5.74. The third kappa shape index (κ3) is 4.84. The summed E-state index contributed by atoms with van der Waals surface area (Å²) in [4.78, 5) is 4.94. The Morgan fingerprint density at radius 2 is 1.22 bits per heavy atom. The van der Waals surface area contributed by atoms with Gasteiger partial charge in [0.2, 0.25) is 0 Å². The third-order valence-corrected chi connectivity index (χ3v) is 4.87. The van der Waals surface area contributed by atoms with E-state index in [2.05, 4.69) is 87.4 Å². The quantitative estimate of drug-likeness (QED) is 0.536. The van der Waals surface area contributed by atoms with E-state index in [1.807, 2.05) is 0 Å². The molecule has 0 heterocycles. The van der Waals surface area contributed by atoms with Gasteiger partial charge < -0.3 is 0 Å². The maximum Gasteiger partial charge on any atom is 0.347 e. The Morgan fingerprint density at radius 1 is 0.826 bits per heavy atom. The molecule has 128 valence electrons. The smallest absolute Gasteiger partial charge is 0.0637 e. The number of aryl methyl sites for hydroxylation is 1. The molecule has 0 atom stereocenters. The highest BCUT2D eigenvalue weighted by molar-refractivity contribution is 5.65. The first kappa shape index (κ1) is 19.8. The van der Waals surface area contributed by atoms with Gasteiger partial charge in [-0.1, -0.05) is 55.4 Å². The summed E-state index contributed by atoms with van der Waals surface area (Å²) in [6, 6.07) is 8.07. The summed E-state index contributed by atoms with van der Waals surface area (Å²) < 4.78 is 0. The van der Waals surface area contributed by atoms with Gasteiger partial charge in [0.1, 0.15) is 5.41 Å². The molecule has 0 aliphatic heterocycles. The topological polar surface area (TPSA) is 4.36 Å². The zero-order valence-electron chi connectivity index (χ0n) is 17.0. The van der Waals surface area contributed by atoms with E-state index < -0.39 is 0 Å². The Morgan fingerprint density at radius 3 is 1.52 bits per heavy atom. The lowest BCUT2D eigenvalue weighted by atomic mass is 9.78. The minimum atomic E-state index is 0.0508. The Labute approximate surface area is 144 Å². The van der Waals surface area contributed by atoms with Crippen molar-refractivity contribution >= 4 is 5.69 Å². The lowest BCUT2D eigenvalue weighted by Gasteiger charge is -2.23. The van der Waals surface area contributed by atoms with Crippen LogP contribution in [0.25, 0.3) is 4.85 Å². The second kappa shape index (κ2) is 6.68. The molecule has 23 heavy (non-hydrogen) atoms. The molecular weight excluding hydrogens is 278 g/mol. The maximum atomic E-state index is 4.94. The molecule has 0 aliphatic rings. The van der Waals surface area contributed by atoms with Crippen LogP contribution in [-0.2, 0) is 10.8 Å². The van der Waals surface area contributed by atoms with Crippen LogP contribution >= 0.6 is 0 Å². The molecule has 1 aromatic carbocycles. The molecule has 0 aromatic heterocycles. The van der Waals surface area contributed by atoms with Gasteiger partial charge in [-0.25, -0.2) is 0 Å². The average Bonchev–Trinajstić information content (AvgIpc) is 2.42. The number of benzene rings is 1. The lowest BCUT2D eigenvalue weighted by Crippen LogP contribution is -2.17. The molecule has 1 rings (SSSR count). The van der Waals surface area contributed by atoms with Crippen molar-refractivity contribution in [3.05, 3.63) is 33.7 Å². The van der Waals surface area contributed by atoms with Crippen LogP contribution in [0.15, 0.2) is 12.1 Å². The van der Waals surface area contributed by atoms with Crippen LogP contribution in [0.5, 0.6) is 0 Å². The van der Waals surface area contributed by atoms with Crippen LogP contribution in [-0.4, -0.2) is 0 Å².